The lowest BCUT2D eigenvalue weighted by Crippen LogP contribution is -2.48. The van der Waals surface area contributed by atoms with E-state index in [0.29, 0.717) is 11.8 Å². The molecule has 0 aliphatic carbocycles. The number of halogens is 1. The van der Waals surface area contributed by atoms with Crippen LogP contribution in [0.25, 0.3) is 0 Å². The molecule has 0 unspecified atom stereocenters. The highest BCUT2D eigenvalue weighted by Crippen LogP contribution is 2.34. The van der Waals surface area contributed by atoms with Gasteiger partial charge >= 0.3 is 6.09 Å². The van der Waals surface area contributed by atoms with Crippen LogP contribution in [-0.4, -0.2) is 47.7 Å². The molecule has 0 aliphatic heterocycles. The van der Waals surface area contributed by atoms with Gasteiger partial charge in [-0.3, -0.25) is 4.90 Å². The van der Waals surface area contributed by atoms with Crippen LogP contribution >= 0.6 is 12.4 Å². The van der Waals surface area contributed by atoms with Crippen molar-refractivity contribution in [2.45, 2.75) is 65.5 Å². The van der Waals surface area contributed by atoms with E-state index in [1.165, 1.54) is 10.5 Å². The van der Waals surface area contributed by atoms with Crippen LogP contribution in [0, 0.1) is 5.92 Å². The first-order valence-corrected chi connectivity index (χ1v) is 9.29. The van der Waals surface area contributed by atoms with Crippen LogP contribution in [-0.2, 0) is 5.54 Å². The molecule has 1 aromatic rings. The van der Waals surface area contributed by atoms with Crippen molar-refractivity contribution in [1.82, 2.24) is 9.80 Å². The zero-order chi connectivity index (χ0) is 19.4. The number of hydrogen-bond donors (Lipinski definition) is 1. The Balaban J connectivity index is 0.00000625. The van der Waals surface area contributed by atoms with E-state index >= 15 is 0 Å². The predicted molar refractivity (Wildman–Crippen MR) is 112 cm³/mol. The monoisotopic (exact) mass is 384 g/mol. The first-order valence-electron chi connectivity index (χ1n) is 9.29. The SMILES string of the molecule is CC[C@@H](c1cccc(C(C)(C)N(C(=O)O)C(C)C)c1)[C@@H](C)CN(C)C.Cl. The van der Waals surface area contributed by atoms with E-state index in [4.69, 9.17) is 0 Å². The van der Waals surface area contributed by atoms with Gasteiger partial charge in [0.1, 0.15) is 0 Å². The van der Waals surface area contributed by atoms with Crippen LogP contribution in [0.2, 0.25) is 0 Å². The van der Waals surface area contributed by atoms with E-state index in [1.54, 1.807) is 0 Å². The zero-order valence-electron chi connectivity index (χ0n) is 17.6. The molecule has 1 amide bonds. The topological polar surface area (TPSA) is 43.8 Å². The maximum Gasteiger partial charge on any atom is 0.408 e. The van der Waals surface area contributed by atoms with E-state index < -0.39 is 11.6 Å². The Kier molecular flexibility index (Phi) is 9.68. The number of rotatable bonds is 8. The molecule has 0 heterocycles. The smallest absolute Gasteiger partial charge is 0.408 e. The highest BCUT2D eigenvalue weighted by molar-refractivity contribution is 5.85. The van der Waals surface area contributed by atoms with E-state index in [1.807, 2.05) is 33.8 Å². The fourth-order valence-corrected chi connectivity index (χ4v) is 4.06. The van der Waals surface area contributed by atoms with Gasteiger partial charge in [0.25, 0.3) is 0 Å². The normalized spacial score (nSPS) is 14.1. The van der Waals surface area contributed by atoms with Gasteiger partial charge in [0.2, 0.25) is 0 Å². The highest BCUT2D eigenvalue weighted by atomic mass is 35.5. The Morgan fingerprint density at radius 2 is 1.77 bits per heavy atom. The van der Waals surface area contributed by atoms with E-state index in [0.717, 1.165) is 18.5 Å². The molecule has 0 fully saturated rings. The van der Waals surface area contributed by atoms with Gasteiger partial charge in [0.05, 0.1) is 5.54 Å². The third kappa shape index (κ3) is 5.88. The van der Waals surface area contributed by atoms with Crippen LogP contribution in [0.5, 0.6) is 0 Å². The van der Waals surface area contributed by atoms with Gasteiger partial charge < -0.3 is 10.0 Å². The Hall–Kier alpha value is -1.26. The van der Waals surface area contributed by atoms with Crippen molar-refractivity contribution in [2.75, 3.05) is 20.6 Å². The average molecular weight is 385 g/mol. The van der Waals surface area contributed by atoms with Crippen molar-refractivity contribution >= 4 is 18.5 Å². The van der Waals surface area contributed by atoms with Crippen LogP contribution in [0.1, 0.15) is 65.0 Å². The quantitative estimate of drug-likeness (QED) is 0.650. The standard InChI is InChI=1S/C21H36N2O2.ClH/c1-9-19(16(4)14-22(7)8)17-11-10-12-18(13-17)21(5,6)23(15(2)3)20(24)25;/h10-13,15-16,19H,9,14H2,1-8H3,(H,24,25);1H/t16-,19+;/m0./s1. The molecule has 4 nitrogen and oxygen atoms in total. The maximum atomic E-state index is 11.8. The molecule has 0 saturated heterocycles. The molecule has 150 valence electrons. The molecule has 5 heteroatoms. The summed E-state index contributed by atoms with van der Waals surface area (Å²) in [5, 5.41) is 9.67. The van der Waals surface area contributed by atoms with Crippen molar-refractivity contribution in [2.24, 2.45) is 5.92 Å². The Labute approximate surface area is 166 Å². The molecule has 0 aromatic heterocycles. The van der Waals surface area contributed by atoms with E-state index in [2.05, 4.69) is 51.0 Å². The van der Waals surface area contributed by atoms with Crippen molar-refractivity contribution in [3.05, 3.63) is 35.4 Å². The molecular weight excluding hydrogens is 348 g/mol. The summed E-state index contributed by atoms with van der Waals surface area (Å²) in [7, 11) is 4.21. The molecule has 0 saturated carbocycles. The number of amides is 1. The van der Waals surface area contributed by atoms with Crippen molar-refractivity contribution in [1.29, 1.82) is 0 Å². The summed E-state index contributed by atoms with van der Waals surface area (Å²) in [4.78, 5) is 15.6. The largest absolute Gasteiger partial charge is 0.465 e. The van der Waals surface area contributed by atoms with Gasteiger partial charge in [-0.2, -0.15) is 0 Å². The van der Waals surface area contributed by atoms with E-state index in [-0.39, 0.29) is 18.4 Å². The lowest BCUT2D eigenvalue weighted by molar-refractivity contribution is 0.0707. The molecule has 1 N–H and O–H groups in total. The first kappa shape index (κ1) is 24.7. The van der Waals surface area contributed by atoms with Crippen LogP contribution < -0.4 is 0 Å². The third-order valence-corrected chi connectivity index (χ3v) is 5.13. The van der Waals surface area contributed by atoms with Crippen LogP contribution in [0.3, 0.4) is 0 Å². The maximum absolute atomic E-state index is 11.8. The van der Waals surface area contributed by atoms with Crippen molar-refractivity contribution in [3.8, 4) is 0 Å². The number of carbonyl (C=O) groups is 1. The van der Waals surface area contributed by atoms with Gasteiger partial charge in [0.15, 0.2) is 0 Å². The van der Waals surface area contributed by atoms with Crippen molar-refractivity contribution in [3.63, 3.8) is 0 Å². The van der Waals surface area contributed by atoms with Gasteiger partial charge in [-0.1, -0.05) is 38.1 Å². The molecule has 0 radical (unpaired) electrons. The number of nitrogens with zero attached hydrogens (tertiary/aromatic N) is 2. The van der Waals surface area contributed by atoms with Gasteiger partial charge in [-0.25, -0.2) is 4.79 Å². The van der Waals surface area contributed by atoms with Crippen molar-refractivity contribution < 1.29 is 9.90 Å². The second kappa shape index (κ2) is 10.2. The summed E-state index contributed by atoms with van der Waals surface area (Å²) in [6, 6.07) is 8.42. The summed E-state index contributed by atoms with van der Waals surface area (Å²) in [5.41, 5.74) is 1.78. The lowest BCUT2D eigenvalue weighted by Gasteiger charge is -2.40. The number of hydrogen-bond acceptors (Lipinski definition) is 2. The molecule has 26 heavy (non-hydrogen) atoms. The summed E-state index contributed by atoms with van der Waals surface area (Å²) in [5.74, 6) is 1.01. The number of benzene rings is 1. The fourth-order valence-electron chi connectivity index (χ4n) is 4.06. The second-order valence-electron chi connectivity index (χ2n) is 8.19. The van der Waals surface area contributed by atoms with Gasteiger partial charge in [-0.05, 0) is 71.2 Å². The van der Waals surface area contributed by atoms with Crippen LogP contribution in [0.15, 0.2) is 24.3 Å². The Morgan fingerprint density at radius 1 is 1.19 bits per heavy atom. The molecular formula is C21H37ClN2O2. The minimum atomic E-state index is -0.876. The zero-order valence-corrected chi connectivity index (χ0v) is 18.4. The van der Waals surface area contributed by atoms with Gasteiger partial charge in [-0.15, -0.1) is 12.4 Å². The summed E-state index contributed by atoms with van der Waals surface area (Å²) in [6.45, 7) is 13.4. The van der Waals surface area contributed by atoms with E-state index in [9.17, 15) is 9.90 Å². The molecule has 2 atom stereocenters. The molecule has 0 aliphatic rings. The number of carboxylic acid groups (broad SMARTS) is 1. The minimum absolute atomic E-state index is 0. The first-order chi connectivity index (χ1) is 11.5. The van der Waals surface area contributed by atoms with Crippen LogP contribution in [0.4, 0.5) is 4.79 Å². The third-order valence-electron chi connectivity index (χ3n) is 5.13. The molecule has 1 rings (SSSR count). The molecule has 0 bridgehead atoms. The molecule has 1 aromatic carbocycles. The Morgan fingerprint density at radius 3 is 2.19 bits per heavy atom. The Bertz CT molecular complexity index is 573. The fraction of sp³-hybridized carbons (Fsp3) is 0.667. The summed E-state index contributed by atoms with van der Waals surface area (Å²) >= 11 is 0. The average Bonchev–Trinajstić information content (AvgIpc) is 2.46. The molecule has 0 spiro atoms. The summed E-state index contributed by atoms with van der Waals surface area (Å²) in [6.07, 6.45) is 0.199. The predicted octanol–water partition coefficient (Wildman–Crippen LogP) is 5.42. The lowest BCUT2D eigenvalue weighted by atomic mass is 9.82. The highest BCUT2D eigenvalue weighted by Gasteiger charge is 2.35. The summed E-state index contributed by atoms with van der Waals surface area (Å²) < 4.78 is 0. The minimum Gasteiger partial charge on any atom is -0.465 e. The van der Waals surface area contributed by atoms with Gasteiger partial charge in [0, 0.05) is 12.6 Å². The second-order valence-corrected chi connectivity index (χ2v) is 8.19.